The van der Waals surface area contributed by atoms with Gasteiger partial charge >= 0.3 is 5.97 Å². The molecule has 3 rings (SSSR count). The Morgan fingerprint density at radius 2 is 2.08 bits per heavy atom. The summed E-state index contributed by atoms with van der Waals surface area (Å²) in [5.74, 6) is -0.260. The largest absolute Gasteiger partial charge is 0.462 e. The highest BCUT2D eigenvalue weighted by molar-refractivity contribution is 7.17. The van der Waals surface area contributed by atoms with E-state index in [9.17, 15) is 9.59 Å². The van der Waals surface area contributed by atoms with E-state index in [0.29, 0.717) is 23.1 Å². The molecule has 2 aromatic rings. The van der Waals surface area contributed by atoms with Crippen LogP contribution in [-0.2, 0) is 22.4 Å². The van der Waals surface area contributed by atoms with Crippen LogP contribution in [0.4, 0.5) is 5.00 Å². The van der Waals surface area contributed by atoms with Crippen LogP contribution in [0.15, 0.2) is 30.3 Å². The fourth-order valence-corrected chi connectivity index (χ4v) is 4.69. The molecule has 1 aromatic carbocycles. The van der Waals surface area contributed by atoms with Crippen LogP contribution in [0, 0.1) is 0 Å². The van der Waals surface area contributed by atoms with Gasteiger partial charge in [0.05, 0.1) is 12.2 Å². The van der Waals surface area contributed by atoms with Crippen LogP contribution in [0.1, 0.15) is 52.5 Å². The Morgan fingerprint density at radius 3 is 2.73 bits per heavy atom. The predicted octanol–water partition coefficient (Wildman–Crippen LogP) is 4.76. The molecular formula is C20H22ClNO3S. The van der Waals surface area contributed by atoms with Crippen LogP contribution in [0.25, 0.3) is 0 Å². The third-order valence-electron chi connectivity index (χ3n) is 4.61. The van der Waals surface area contributed by atoms with Crippen molar-refractivity contribution < 1.29 is 14.3 Å². The van der Waals surface area contributed by atoms with Gasteiger partial charge < -0.3 is 10.1 Å². The second-order valence-electron chi connectivity index (χ2n) is 6.38. The van der Waals surface area contributed by atoms with Crippen molar-refractivity contribution >= 4 is 39.8 Å². The number of carbonyl (C=O) groups is 2. The Balaban J connectivity index is 1.93. The van der Waals surface area contributed by atoms with E-state index in [0.717, 1.165) is 29.7 Å². The number of alkyl halides is 1. The summed E-state index contributed by atoms with van der Waals surface area (Å²) in [7, 11) is 0. The zero-order valence-electron chi connectivity index (χ0n) is 14.9. The fourth-order valence-electron chi connectivity index (χ4n) is 3.31. The molecule has 2 atom stereocenters. The summed E-state index contributed by atoms with van der Waals surface area (Å²) in [6.45, 7) is 3.69. The van der Waals surface area contributed by atoms with Gasteiger partial charge in [-0.25, -0.2) is 4.79 Å². The number of benzene rings is 1. The molecule has 26 heavy (non-hydrogen) atoms. The molecule has 0 radical (unpaired) electrons. The van der Waals surface area contributed by atoms with Crippen LogP contribution in [0.3, 0.4) is 0 Å². The first-order valence-corrected chi connectivity index (χ1v) is 10.1. The van der Waals surface area contributed by atoms with Crippen LogP contribution < -0.4 is 5.32 Å². The summed E-state index contributed by atoms with van der Waals surface area (Å²) < 4.78 is 5.23. The van der Waals surface area contributed by atoms with Crippen molar-refractivity contribution in [2.45, 2.75) is 44.4 Å². The van der Waals surface area contributed by atoms with Crippen molar-refractivity contribution in [3.63, 3.8) is 0 Å². The van der Waals surface area contributed by atoms with E-state index in [1.165, 1.54) is 16.9 Å². The highest BCUT2D eigenvalue weighted by Gasteiger charge is 2.31. The molecule has 0 bridgehead atoms. The first-order chi connectivity index (χ1) is 12.5. The Labute approximate surface area is 162 Å². The molecule has 0 unspecified atom stereocenters. The van der Waals surface area contributed by atoms with Gasteiger partial charge in [0, 0.05) is 4.88 Å². The Hall–Kier alpha value is -1.85. The highest BCUT2D eigenvalue weighted by Crippen LogP contribution is 2.42. The lowest BCUT2D eigenvalue weighted by molar-refractivity contribution is -0.115. The number of esters is 1. The molecule has 1 N–H and O–H groups in total. The van der Waals surface area contributed by atoms with Crippen molar-refractivity contribution in [3.8, 4) is 0 Å². The molecule has 1 aromatic heterocycles. The van der Waals surface area contributed by atoms with Crippen molar-refractivity contribution in [2.24, 2.45) is 0 Å². The van der Waals surface area contributed by atoms with Crippen LogP contribution in [0.5, 0.6) is 0 Å². The Morgan fingerprint density at radius 1 is 1.35 bits per heavy atom. The number of anilines is 1. The summed E-state index contributed by atoms with van der Waals surface area (Å²) in [6, 6.07) is 10.4. The van der Waals surface area contributed by atoms with Crippen molar-refractivity contribution in [3.05, 3.63) is 51.9 Å². The number of ether oxygens (including phenoxy) is 1. The zero-order chi connectivity index (χ0) is 18.7. The van der Waals surface area contributed by atoms with E-state index in [1.54, 1.807) is 13.8 Å². The lowest BCUT2D eigenvalue weighted by Crippen LogP contribution is -2.21. The number of hydrogen-bond acceptors (Lipinski definition) is 4. The molecule has 4 nitrogen and oxygen atoms in total. The first kappa shape index (κ1) is 18.9. The van der Waals surface area contributed by atoms with E-state index in [2.05, 4.69) is 29.6 Å². The van der Waals surface area contributed by atoms with Crippen molar-refractivity contribution in [1.82, 2.24) is 0 Å². The molecular weight excluding hydrogens is 370 g/mol. The van der Waals surface area contributed by atoms with Crippen molar-refractivity contribution in [2.75, 3.05) is 11.9 Å². The monoisotopic (exact) mass is 391 g/mol. The van der Waals surface area contributed by atoms with Gasteiger partial charge in [0.15, 0.2) is 0 Å². The summed E-state index contributed by atoms with van der Waals surface area (Å²) in [6.07, 6.45) is 2.63. The second kappa shape index (κ2) is 8.23. The van der Waals surface area contributed by atoms with E-state index < -0.39 is 5.38 Å². The minimum absolute atomic E-state index is 0.301. The molecule has 1 aliphatic rings. The number of nitrogens with one attached hydrogen (secondary N) is 1. The summed E-state index contributed by atoms with van der Waals surface area (Å²) >= 11 is 7.35. The van der Waals surface area contributed by atoms with Gasteiger partial charge in [0.25, 0.3) is 0 Å². The maximum Gasteiger partial charge on any atom is 0.341 e. The van der Waals surface area contributed by atoms with Gasteiger partial charge in [0.1, 0.15) is 10.4 Å². The lowest BCUT2D eigenvalue weighted by atomic mass is 9.83. The second-order valence-corrected chi connectivity index (χ2v) is 8.14. The lowest BCUT2D eigenvalue weighted by Gasteiger charge is -2.23. The average molecular weight is 392 g/mol. The minimum atomic E-state index is -0.666. The number of carbonyl (C=O) groups excluding carboxylic acids is 2. The summed E-state index contributed by atoms with van der Waals surface area (Å²) in [5, 5.41) is 2.70. The SMILES string of the molecule is CCOC(=O)c1c(NC(=O)[C@@H](C)Cl)sc2c1CC[C@@H](c1ccccc1)C2. The van der Waals surface area contributed by atoms with Gasteiger partial charge in [0.2, 0.25) is 5.91 Å². The minimum Gasteiger partial charge on any atom is -0.462 e. The molecule has 0 aliphatic heterocycles. The zero-order valence-corrected chi connectivity index (χ0v) is 16.5. The average Bonchev–Trinajstić information content (AvgIpc) is 2.99. The van der Waals surface area contributed by atoms with Crippen LogP contribution >= 0.6 is 22.9 Å². The molecule has 0 saturated carbocycles. The molecule has 0 fully saturated rings. The summed E-state index contributed by atoms with van der Waals surface area (Å²) in [5.41, 5.74) is 2.83. The smallest absolute Gasteiger partial charge is 0.341 e. The Bertz CT molecular complexity index is 801. The van der Waals surface area contributed by atoms with Gasteiger partial charge in [-0.1, -0.05) is 30.3 Å². The van der Waals surface area contributed by atoms with E-state index in [-0.39, 0.29) is 11.9 Å². The maximum atomic E-state index is 12.5. The summed E-state index contributed by atoms with van der Waals surface area (Å²) in [4.78, 5) is 25.7. The van der Waals surface area contributed by atoms with Gasteiger partial charge in [-0.15, -0.1) is 22.9 Å². The fraction of sp³-hybridized carbons (Fsp3) is 0.400. The molecule has 1 heterocycles. The number of fused-ring (bicyclic) bond motifs is 1. The van der Waals surface area contributed by atoms with E-state index >= 15 is 0 Å². The normalized spacial score (nSPS) is 17.3. The van der Waals surface area contributed by atoms with Crippen LogP contribution in [0.2, 0.25) is 0 Å². The van der Waals surface area contributed by atoms with Gasteiger partial charge in [-0.3, -0.25) is 4.79 Å². The third kappa shape index (κ3) is 3.94. The quantitative estimate of drug-likeness (QED) is 0.590. The topological polar surface area (TPSA) is 55.4 Å². The highest BCUT2D eigenvalue weighted by atomic mass is 35.5. The van der Waals surface area contributed by atoms with Gasteiger partial charge in [-0.05, 0) is 50.2 Å². The predicted molar refractivity (Wildman–Crippen MR) is 105 cm³/mol. The number of amides is 1. The number of halogens is 1. The number of thiophene rings is 1. The van der Waals surface area contributed by atoms with E-state index in [4.69, 9.17) is 16.3 Å². The molecule has 1 aliphatic carbocycles. The molecule has 6 heteroatoms. The third-order valence-corrected chi connectivity index (χ3v) is 5.98. The van der Waals surface area contributed by atoms with Crippen molar-refractivity contribution in [1.29, 1.82) is 0 Å². The maximum absolute atomic E-state index is 12.5. The first-order valence-electron chi connectivity index (χ1n) is 8.82. The number of rotatable bonds is 5. The molecule has 1 amide bonds. The standard InChI is InChI=1S/C20H22ClNO3S/c1-3-25-20(24)17-15-10-9-14(13-7-5-4-6-8-13)11-16(15)26-19(17)22-18(23)12(2)21/h4-8,12,14H,3,9-11H2,1-2H3,(H,22,23)/t12-,14-/m1/s1. The molecule has 138 valence electrons. The molecule has 0 saturated heterocycles. The van der Waals surface area contributed by atoms with Crippen LogP contribution in [-0.4, -0.2) is 23.9 Å². The molecule has 0 spiro atoms. The van der Waals surface area contributed by atoms with E-state index in [1.807, 2.05) is 6.07 Å². The Kier molecular flexibility index (Phi) is 5.99. The van der Waals surface area contributed by atoms with Gasteiger partial charge in [-0.2, -0.15) is 0 Å². The number of hydrogen-bond donors (Lipinski definition) is 1.